The second kappa shape index (κ2) is 5.62. The number of nitro groups is 1. The van der Waals surface area contributed by atoms with Gasteiger partial charge in [0.1, 0.15) is 0 Å². The van der Waals surface area contributed by atoms with Crippen LogP contribution < -0.4 is 9.47 Å². The Hall–Kier alpha value is -2.64. The number of rotatable bonds is 6. The fourth-order valence-electron chi connectivity index (χ4n) is 1.23. The lowest BCUT2D eigenvalue weighted by atomic mass is 10.1. The molecule has 0 aromatic heterocycles. The molecule has 8 nitrogen and oxygen atoms in total. The highest BCUT2D eigenvalue weighted by molar-refractivity contribution is 5.83. The average molecular weight is 255 g/mol. The van der Waals surface area contributed by atoms with E-state index in [0.717, 1.165) is 12.1 Å². The third kappa shape index (κ3) is 2.94. The van der Waals surface area contributed by atoms with Crippen molar-refractivity contribution in [1.29, 1.82) is 0 Å². The molecule has 1 aromatic rings. The van der Waals surface area contributed by atoms with E-state index in [2.05, 4.69) is 0 Å². The van der Waals surface area contributed by atoms with Gasteiger partial charge in [-0.1, -0.05) is 0 Å². The highest BCUT2D eigenvalue weighted by Crippen LogP contribution is 2.33. The van der Waals surface area contributed by atoms with E-state index < -0.39 is 23.2 Å². The van der Waals surface area contributed by atoms with Crippen molar-refractivity contribution in [2.24, 2.45) is 0 Å². The Balaban J connectivity index is 3.22. The summed E-state index contributed by atoms with van der Waals surface area (Å²) in [7, 11) is 1.27. The Morgan fingerprint density at radius 3 is 2.61 bits per heavy atom. The first-order valence-corrected chi connectivity index (χ1v) is 4.65. The molecule has 0 saturated carbocycles. The predicted octanol–water partition coefficient (Wildman–Crippen LogP) is 0.879. The number of hydrogen-bond donors (Lipinski definition) is 1. The molecule has 0 unspecified atom stereocenters. The predicted molar refractivity (Wildman–Crippen MR) is 58.2 cm³/mol. The van der Waals surface area contributed by atoms with Crippen LogP contribution in [0.4, 0.5) is 5.69 Å². The number of aliphatic carboxylic acids is 1. The molecule has 0 aliphatic heterocycles. The van der Waals surface area contributed by atoms with Crippen molar-refractivity contribution in [3.05, 3.63) is 27.8 Å². The van der Waals surface area contributed by atoms with E-state index in [9.17, 15) is 19.7 Å². The first-order valence-electron chi connectivity index (χ1n) is 4.65. The van der Waals surface area contributed by atoms with Gasteiger partial charge in [-0.2, -0.15) is 0 Å². The van der Waals surface area contributed by atoms with Crippen LogP contribution in [0.15, 0.2) is 12.1 Å². The van der Waals surface area contributed by atoms with Gasteiger partial charge in [0.2, 0.25) is 0 Å². The van der Waals surface area contributed by atoms with E-state index >= 15 is 0 Å². The summed E-state index contributed by atoms with van der Waals surface area (Å²) in [4.78, 5) is 31.0. The van der Waals surface area contributed by atoms with E-state index in [-0.39, 0.29) is 17.1 Å². The average Bonchev–Trinajstić information content (AvgIpc) is 2.34. The summed E-state index contributed by atoms with van der Waals surface area (Å²) >= 11 is 0. The zero-order chi connectivity index (χ0) is 13.7. The number of nitrogens with zero attached hydrogens (tertiary/aromatic N) is 1. The Bertz CT molecular complexity index is 497. The summed E-state index contributed by atoms with van der Waals surface area (Å²) in [6.07, 6.45) is 0.307. The molecule has 0 spiro atoms. The van der Waals surface area contributed by atoms with Gasteiger partial charge in [0, 0.05) is 6.07 Å². The van der Waals surface area contributed by atoms with Gasteiger partial charge < -0.3 is 14.6 Å². The largest absolute Gasteiger partial charge is 0.493 e. The molecule has 0 saturated heterocycles. The topological polar surface area (TPSA) is 116 Å². The fourth-order valence-corrected chi connectivity index (χ4v) is 1.23. The SMILES string of the molecule is COc1cc(C=O)c([N+](=O)[O-])cc1OCC(=O)O. The lowest BCUT2D eigenvalue weighted by molar-refractivity contribution is -0.385. The standard InChI is InChI=1S/C10H9NO7/c1-17-8-2-6(4-12)7(11(15)16)3-9(8)18-5-10(13)14/h2-4H,5H2,1H3,(H,13,14). The maximum Gasteiger partial charge on any atom is 0.341 e. The number of aldehydes is 1. The Morgan fingerprint density at radius 2 is 2.17 bits per heavy atom. The van der Waals surface area contributed by atoms with Gasteiger partial charge in [0.05, 0.1) is 23.7 Å². The molecule has 0 radical (unpaired) electrons. The minimum Gasteiger partial charge on any atom is -0.493 e. The molecule has 1 N–H and O–H groups in total. The maximum atomic E-state index is 10.7. The second-order valence-electron chi connectivity index (χ2n) is 3.12. The van der Waals surface area contributed by atoms with Crippen LogP contribution in [0.1, 0.15) is 10.4 Å². The van der Waals surface area contributed by atoms with Gasteiger partial charge in [-0.15, -0.1) is 0 Å². The summed E-state index contributed by atoms with van der Waals surface area (Å²) in [5.41, 5.74) is -0.661. The molecule has 18 heavy (non-hydrogen) atoms. The minimum absolute atomic E-state index is 0.0453. The number of hydrogen-bond acceptors (Lipinski definition) is 6. The Kier molecular flexibility index (Phi) is 4.19. The summed E-state index contributed by atoms with van der Waals surface area (Å²) in [6.45, 7) is -0.673. The van der Waals surface area contributed by atoms with Gasteiger partial charge >= 0.3 is 5.97 Å². The van der Waals surface area contributed by atoms with Crippen molar-refractivity contribution in [3.8, 4) is 11.5 Å². The molecule has 0 aliphatic rings. The van der Waals surface area contributed by atoms with Crippen LogP contribution in [-0.2, 0) is 4.79 Å². The molecule has 0 heterocycles. The first-order chi connectivity index (χ1) is 8.49. The van der Waals surface area contributed by atoms with E-state index in [1.165, 1.54) is 7.11 Å². The number of nitro benzene ring substituents is 1. The van der Waals surface area contributed by atoms with Crippen LogP contribution in [0.25, 0.3) is 0 Å². The quantitative estimate of drug-likeness (QED) is 0.455. The highest BCUT2D eigenvalue weighted by Gasteiger charge is 2.19. The summed E-state index contributed by atoms with van der Waals surface area (Å²) in [5, 5.41) is 19.2. The zero-order valence-electron chi connectivity index (χ0n) is 9.28. The minimum atomic E-state index is -1.24. The third-order valence-electron chi connectivity index (χ3n) is 1.99. The van der Waals surface area contributed by atoms with Crippen LogP contribution in [-0.4, -0.2) is 36.0 Å². The number of carbonyl (C=O) groups is 2. The van der Waals surface area contributed by atoms with Gasteiger partial charge in [-0.3, -0.25) is 14.9 Å². The van der Waals surface area contributed by atoms with Crippen molar-refractivity contribution in [3.63, 3.8) is 0 Å². The van der Waals surface area contributed by atoms with Crippen LogP contribution >= 0.6 is 0 Å². The molecular formula is C10H9NO7. The summed E-state index contributed by atoms with van der Waals surface area (Å²) in [5.74, 6) is -1.31. The van der Waals surface area contributed by atoms with E-state index in [4.69, 9.17) is 14.6 Å². The molecule has 8 heteroatoms. The fraction of sp³-hybridized carbons (Fsp3) is 0.200. The molecule has 96 valence electrons. The third-order valence-corrected chi connectivity index (χ3v) is 1.99. The van der Waals surface area contributed by atoms with Crippen LogP contribution in [0.5, 0.6) is 11.5 Å². The number of carboxylic acid groups (broad SMARTS) is 1. The molecule has 0 bridgehead atoms. The van der Waals surface area contributed by atoms with Crippen LogP contribution in [0.3, 0.4) is 0 Å². The van der Waals surface area contributed by atoms with Crippen LogP contribution in [0.2, 0.25) is 0 Å². The number of carboxylic acids is 1. The Morgan fingerprint density at radius 1 is 1.50 bits per heavy atom. The normalized spacial score (nSPS) is 9.61. The molecular weight excluding hydrogens is 246 g/mol. The molecule has 0 atom stereocenters. The van der Waals surface area contributed by atoms with Crippen molar-refractivity contribution in [1.82, 2.24) is 0 Å². The van der Waals surface area contributed by atoms with Crippen molar-refractivity contribution < 1.29 is 29.1 Å². The van der Waals surface area contributed by atoms with E-state index in [1.54, 1.807) is 0 Å². The zero-order valence-corrected chi connectivity index (χ0v) is 9.28. The smallest absolute Gasteiger partial charge is 0.341 e. The number of carbonyl (C=O) groups excluding carboxylic acids is 1. The molecule has 0 amide bonds. The van der Waals surface area contributed by atoms with Gasteiger partial charge in [-0.05, 0) is 0 Å². The lowest BCUT2D eigenvalue weighted by Crippen LogP contribution is -2.10. The number of methoxy groups -OCH3 is 1. The number of benzene rings is 1. The van der Waals surface area contributed by atoms with Gasteiger partial charge in [0.25, 0.3) is 5.69 Å². The maximum absolute atomic E-state index is 10.7. The summed E-state index contributed by atoms with van der Waals surface area (Å²) in [6, 6.07) is 2.06. The van der Waals surface area contributed by atoms with Crippen LogP contribution in [0, 0.1) is 10.1 Å². The molecule has 1 rings (SSSR count). The Labute approximate surface area is 101 Å². The molecule has 0 fully saturated rings. The van der Waals surface area contributed by atoms with E-state index in [0.29, 0.717) is 6.29 Å². The van der Waals surface area contributed by atoms with Gasteiger partial charge in [-0.25, -0.2) is 4.79 Å². The first kappa shape index (κ1) is 13.4. The molecule has 0 aliphatic carbocycles. The second-order valence-corrected chi connectivity index (χ2v) is 3.12. The number of ether oxygens (including phenoxy) is 2. The van der Waals surface area contributed by atoms with Crippen molar-refractivity contribution in [2.45, 2.75) is 0 Å². The monoisotopic (exact) mass is 255 g/mol. The molecule has 1 aromatic carbocycles. The van der Waals surface area contributed by atoms with Gasteiger partial charge in [0.15, 0.2) is 24.4 Å². The lowest BCUT2D eigenvalue weighted by Gasteiger charge is -2.09. The van der Waals surface area contributed by atoms with E-state index in [1.807, 2.05) is 0 Å². The highest BCUT2D eigenvalue weighted by atomic mass is 16.6. The van der Waals surface area contributed by atoms with Crippen molar-refractivity contribution in [2.75, 3.05) is 13.7 Å². The van der Waals surface area contributed by atoms with Crippen molar-refractivity contribution >= 4 is 17.9 Å². The summed E-state index contributed by atoms with van der Waals surface area (Å²) < 4.78 is 9.69.